The van der Waals surface area contributed by atoms with Gasteiger partial charge in [0.2, 0.25) is 23.6 Å². The first kappa shape index (κ1) is 40.1. The molecule has 0 radical (unpaired) electrons. The maximum Gasteiger partial charge on any atom is 0.407 e. The van der Waals surface area contributed by atoms with Gasteiger partial charge in [-0.3, -0.25) is 9.59 Å². The van der Waals surface area contributed by atoms with Gasteiger partial charge in [0.05, 0.1) is 7.11 Å². The van der Waals surface area contributed by atoms with E-state index in [1.54, 1.807) is 9.80 Å². The molecule has 3 N–H and O–H groups in total. The van der Waals surface area contributed by atoms with Crippen molar-refractivity contribution in [3.05, 3.63) is 89.6 Å². The molecular formula is C43H51N7O8. The molecule has 15 heteroatoms. The summed E-state index contributed by atoms with van der Waals surface area (Å²) in [5.41, 5.74) is 5.68. The van der Waals surface area contributed by atoms with Crippen molar-refractivity contribution in [1.29, 1.82) is 0 Å². The number of hydrogen-bond acceptors (Lipinski definition) is 10. The predicted molar refractivity (Wildman–Crippen MR) is 216 cm³/mol. The Labute approximate surface area is 336 Å². The van der Waals surface area contributed by atoms with Gasteiger partial charge in [0.1, 0.15) is 35.2 Å². The third-order valence-corrected chi connectivity index (χ3v) is 11.1. The number of anilines is 1. The molecule has 0 spiro atoms. The highest BCUT2D eigenvalue weighted by molar-refractivity contribution is 5.87. The van der Waals surface area contributed by atoms with Gasteiger partial charge in [-0.1, -0.05) is 58.0 Å². The van der Waals surface area contributed by atoms with Crippen LogP contribution in [0.2, 0.25) is 0 Å². The number of methoxy groups -OCH3 is 1. The Kier molecular flexibility index (Phi) is 11.9. The van der Waals surface area contributed by atoms with E-state index < -0.39 is 24.3 Å². The number of likely N-dealkylation sites (tertiary alicyclic amines) is 2. The molecule has 0 aliphatic carbocycles. The highest BCUT2D eigenvalue weighted by atomic mass is 16.5. The van der Waals surface area contributed by atoms with Gasteiger partial charge in [-0.2, -0.15) is 0 Å². The minimum Gasteiger partial charge on any atom is -0.465 e. The van der Waals surface area contributed by atoms with Gasteiger partial charge in [-0.15, -0.1) is 0 Å². The Morgan fingerprint density at radius 2 is 1.24 bits per heavy atom. The summed E-state index contributed by atoms with van der Waals surface area (Å²) in [7, 11) is 1.28. The van der Waals surface area contributed by atoms with Crippen molar-refractivity contribution in [2.24, 2.45) is 11.8 Å². The molecule has 58 heavy (non-hydrogen) atoms. The van der Waals surface area contributed by atoms with Crippen molar-refractivity contribution in [2.75, 3.05) is 25.1 Å². The minimum atomic E-state index is -1.23. The van der Waals surface area contributed by atoms with Crippen molar-refractivity contribution >= 4 is 51.9 Å². The third kappa shape index (κ3) is 8.58. The molecule has 4 heterocycles. The molecule has 7 rings (SSSR count). The number of carbonyl (C=O) groups excluding carboxylic acids is 3. The molecule has 4 amide bonds. The van der Waals surface area contributed by atoms with Gasteiger partial charge in [0.25, 0.3) is 0 Å². The number of nitrogens with zero attached hydrogens (tertiary/aromatic N) is 5. The highest BCUT2D eigenvalue weighted by Crippen LogP contribution is 2.36. The van der Waals surface area contributed by atoms with E-state index in [1.165, 1.54) is 7.11 Å². The second-order valence-corrected chi connectivity index (χ2v) is 15.8. The van der Waals surface area contributed by atoms with Crippen LogP contribution in [-0.2, 0) is 27.4 Å². The molecule has 15 nitrogen and oxygen atoms in total. The molecule has 3 aromatic carbocycles. The number of para-hydroxylation sites is 1. The molecule has 2 aliphatic rings. The fraction of sp³-hybridized carbons (Fsp3) is 0.442. The molecule has 306 valence electrons. The van der Waals surface area contributed by atoms with E-state index in [4.69, 9.17) is 23.5 Å². The van der Waals surface area contributed by atoms with Crippen molar-refractivity contribution in [2.45, 2.75) is 90.6 Å². The van der Waals surface area contributed by atoms with Crippen LogP contribution in [0.4, 0.5) is 15.3 Å². The number of fused-ring (bicyclic) bond motifs is 2. The number of aromatic nitrogens is 2. The first-order valence-electron chi connectivity index (χ1n) is 19.9. The Morgan fingerprint density at radius 1 is 0.759 bits per heavy atom. The third-order valence-electron chi connectivity index (χ3n) is 11.1. The smallest absolute Gasteiger partial charge is 0.407 e. The van der Waals surface area contributed by atoms with Crippen molar-refractivity contribution in [1.82, 2.24) is 30.4 Å². The molecule has 2 fully saturated rings. The topological polar surface area (TPSA) is 184 Å². The van der Waals surface area contributed by atoms with E-state index in [1.807, 2.05) is 82.3 Å². The maximum absolute atomic E-state index is 13.7. The first-order valence-corrected chi connectivity index (χ1v) is 19.9. The number of carboxylic acid groups (broad SMARTS) is 1. The molecule has 2 saturated heterocycles. The molecule has 2 aliphatic heterocycles. The summed E-state index contributed by atoms with van der Waals surface area (Å²) >= 11 is 0. The van der Waals surface area contributed by atoms with Crippen LogP contribution >= 0.6 is 0 Å². The zero-order chi connectivity index (χ0) is 41.1. The SMILES string of the molecule is COC(=O)N[C@H](C(=O)N1CCC[C@H]1c1nc2cc(CN(Cc3ccc4oc([C@@H]5CCCN5C(=O)[C@@H](NC(=O)O)C(C)C)nc4c3)c3ccccc3)ccc2o1)C(C)C. The summed E-state index contributed by atoms with van der Waals surface area (Å²) in [6.45, 7) is 9.57. The lowest BCUT2D eigenvalue weighted by Crippen LogP contribution is -2.51. The molecule has 2 aromatic heterocycles. The number of benzene rings is 3. The number of hydrogen-bond donors (Lipinski definition) is 3. The lowest BCUT2D eigenvalue weighted by molar-refractivity contribution is -0.136. The van der Waals surface area contributed by atoms with Crippen LogP contribution < -0.4 is 15.5 Å². The number of rotatable bonds is 13. The molecule has 0 bridgehead atoms. The summed E-state index contributed by atoms with van der Waals surface area (Å²) in [6, 6.07) is 19.7. The second kappa shape index (κ2) is 17.2. The number of alkyl carbamates (subject to hydrolysis) is 1. The summed E-state index contributed by atoms with van der Waals surface area (Å²) in [4.78, 5) is 66.1. The van der Waals surface area contributed by atoms with Crippen molar-refractivity contribution < 1.29 is 37.9 Å². The van der Waals surface area contributed by atoms with E-state index >= 15 is 0 Å². The normalized spacial score (nSPS) is 17.9. The number of ether oxygens (including phenoxy) is 1. The lowest BCUT2D eigenvalue weighted by Gasteiger charge is -2.29. The van der Waals surface area contributed by atoms with E-state index in [0.717, 1.165) is 29.7 Å². The van der Waals surface area contributed by atoms with E-state index in [9.17, 15) is 24.3 Å². The first-order chi connectivity index (χ1) is 27.9. The Morgan fingerprint density at radius 3 is 1.69 bits per heavy atom. The van der Waals surface area contributed by atoms with Gasteiger partial charge >= 0.3 is 12.2 Å². The summed E-state index contributed by atoms with van der Waals surface area (Å²) in [6.07, 6.45) is 1.05. The maximum atomic E-state index is 13.7. The number of carbonyl (C=O) groups is 4. The van der Waals surface area contributed by atoms with E-state index in [0.29, 0.717) is 73.0 Å². The van der Waals surface area contributed by atoms with Gasteiger partial charge < -0.3 is 44.0 Å². The lowest BCUT2D eigenvalue weighted by atomic mass is 10.0. The van der Waals surface area contributed by atoms with E-state index in [-0.39, 0.29) is 35.7 Å². The van der Waals surface area contributed by atoms with Gasteiger partial charge in [0, 0.05) is 31.9 Å². The molecule has 0 saturated carbocycles. The number of amides is 4. The summed E-state index contributed by atoms with van der Waals surface area (Å²) in [5.74, 6) is 0.0861. The Hall–Kier alpha value is -6.12. The summed E-state index contributed by atoms with van der Waals surface area (Å²) < 4.78 is 17.3. The zero-order valence-corrected chi connectivity index (χ0v) is 33.5. The van der Waals surface area contributed by atoms with Crippen LogP contribution in [0, 0.1) is 11.8 Å². The van der Waals surface area contributed by atoms with Crippen molar-refractivity contribution in [3.8, 4) is 0 Å². The molecule has 0 unspecified atom stereocenters. The summed E-state index contributed by atoms with van der Waals surface area (Å²) in [5, 5.41) is 14.4. The fourth-order valence-electron chi connectivity index (χ4n) is 8.06. The molecular weight excluding hydrogens is 743 g/mol. The average Bonchev–Trinajstić information content (AvgIpc) is 4.03. The van der Waals surface area contributed by atoms with Gasteiger partial charge in [-0.25, -0.2) is 19.6 Å². The molecule has 5 aromatic rings. The van der Waals surface area contributed by atoms with E-state index in [2.05, 4.69) is 27.7 Å². The highest BCUT2D eigenvalue weighted by Gasteiger charge is 2.40. The standard InChI is InChI=1S/C43H51N7O8/c1-25(2)36(46-42(53)54)40(51)49-19-9-13-32(49)38-44-30-21-27(15-17-34(30)57-38)23-48(29-11-7-6-8-12-29)24-28-16-18-35-31(22-28)45-39(58-35)33-14-10-20-50(33)41(52)37(26(3)4)47-43(55)56-5/h6-8,11-12,15-18,21-22,25-26,32-33,36-37,46H,9-10,13-14,19-20,23-24H2,1-5H3,(H,47,55)(H,53,54)/t32-,33-,36-,37-/m0/s1. The van der Waals surface area contributed by atoms with Crippen LogP contribution in [0.3, 0.4) is 0 Å². The molecule has 4 atom stereocenters. The predicted octanol–water partition coefficient (Wildman–Crippen LogP) is 7.18. The van der Waals surface area contributed by atoms with Gasteiger partial charge in [-0.05, 0) is 85.0 Å². The van der Waals surface area contributed by atoms with Crippen LogP contribution in [-0.4, -0.2) is 81.2 Å². The Bertz CT molecular complexity index is 2270. The fourth-order valence-corrected chi connectivity index (χ4v) is 8.06. The van der Waals surface area contributed by atoms with Crippen LogP contribution in [0.5, 0.6) is 0 Å². The average molecular weight is 794 g/mol. The quantitative estimate of drug-likeness (QED) is 0.110. The number of nitrogens with one attached hydrogen (secondary N) is 2. The largest absolute Gasteiger partial charge is 0.465 e. The van der Waals surface area contributed by atoms with Crippen LogP contribution in [0.1, 0.15) is 88.4 Å². The Balaban J connectivity index is 1.09. The second-order valence-electron chi connectivity index (χ2n) is 15.8. The van der Waals surface area contributed by atoms with Crippen molar-refractivity contribution in [3.63, 3.8) is 0 Å². The van der Waals surface area contributed by atoms with Crippen LogP contribution in [0.25, 0.3) is 22.2 Å². The number of oxazole rings is 2. The monoisotopic (exact) mass is 793 g/mol. The van der Waals surface area contributed by atoms with Gasteiger partial charge in [0.15, 0.2) is 11.2 Å². The minimum absolute atomic E-state index is 0.143. The zero-order valence-electron chi connectivity index (χ0n) is 33.5. The van der Waals surface area contributed by atoms with Crippen LogP contribution in [0.15, 0.2) is 75.6 Å².